The van der Waals surface area contributed by atoms with Crippen molar-refractivity contribution < 1.29 is 14.6 Å². The number of ether oxygens (including phenoxy) is 1. The van der Waals surface area contributed by atoms with E-state index in [2.05, 4.69) is 14.8 Å². The van der Waals surface area contributed by atoms with Crippen LogP contribution in [0.15, 0.2) is 12.7 Å². The smallest absolute Gasteiger partial charge is 0.308 e. The molecule has 0 aromatic carbocycles. The van der Waals surface area contributed by atoms with E-state index in [0.29, 0.717) is 13.0 Å². The molecule has 1 aromatic heterocycles. The van der Waals surface area contributed by atoms with Crippen molar-refractivity contribution >= 4 is 5.97 Å². The molecule has 78 valence electrons. The summed E-state index contributed by atoms with van der Waals surface area (Å²) in [4.78, 5) is 14.5. The summed E-state index contributed by atoms with van der Waals surface area (Å²) in [5.41, 5.74) is 0. The number of carbonyl (C=O) groups excluding carboxylic acids is 1. The van der Waals surface area contributed by atoms with Crippen molar-refractivity contribution in [2.75, 3.05) is 7.11 Å². The Labute approximate surface area is 81.5 Å². The van der Waals surface area contributed by atoms with Gasteiger partial charge in [0.2, 0.25) is 0 Å². The molecule has 1 rings (SSSR count). The van der Waals surface area contributed by atoms with Gasteiger partial charge in [-0.25, -0.2) is 4.98 Å². The van der Waals surface area contributed by atoms with Crippen LogP contribution >= 0.6 is 0 Å². The van der Waals surface area contributed by atoms with Gasteiger partial charge in [0.1, 0.15) is 12.7 Å². The molecule has 6 nitrogen and oxygen atoms in total. The average molecular weight is 199 g/mol. The van der Waals surface area contributed by atoms with Gasteiger partial charge >= 0.3 is 5.97 Å². The quantitative estimate of drug-likeness (QED) is 0.652. The van der Waals surface area contributed by atoms with Crippen molar-refractivity contribution in [2.24, 2.45) is 0 Å². The van der Waals surface area contributed by atoms with E-state index in [-0.39, 0.29) is 6.42 Å². The first-order valence-corrected chi connectivity index (χ1v) is 4.29. The van der Waals surface area contributed by atoms with Crippen LogP contribution in [-0.2, 0) is 16.1 Å². The van der Waals surface area contributed by atoms with Gasteiger partial charge in [0.05, 0.1) is 19.6 Å². The molecule has 0 aliphatic rings. The van der Waals surface area contributed by atoms with Crippen molar-refractivity contribution in [2.45, 2.75) is 25.5 Å². The van der Waals surface area contributed by atoms with Crippen LogP contribution in [0.1, 0.15) is 12.8 Å². The molecule has 0 radical (unpaired) electrons. The van der Waals surface area contributed by atoms with Gasteiger partial charge in [0.15, 0.2) is 0 Å². The second-order valence-corrected chi connectivity index (χ2v) is 2.88. The molecule has 0 saturated heterocycles. The molecule has 0 amide bonds. The van der Waals surface area contributed by atoms with Crippen molar-refractivity contribution in [3.05, 3.63) is 12.7 Å². The van der Waals surface area contributed by atoms with Gasteiger partial charge in [0.25, 0.3) is 0 Å². The molecule has 1 heterocycles. The van der Waals surface area contributed by atoms with Crippen LogP contribution in [0, 0.1) is 0 Å². The lowest BCUT2D eigenvalue weighted by molar-refractivity contribution is -0.142. The first kappa shape index (κ1) is 10.6. The van der Waals surface area contributed by atoms with Crippen molar-refractivity contribution in [1.29, 1.82) is 0 Å². The van der Waals surface area contributed by atoms with E-state index < -0.39 is 12.1 Å². The number of aliphatic hydroxyl groups is 1. The zero-order chi connectivity index (χ0) is 10.4. The lowest BCUT2D eigenvalue weighted by Crippen LogP contribution is -2.17. The van der Waals surface area contributed by atoms with Gasteiger partial charge in [-0.15, -0.1) is 0 Å². The third kappa shape index (κ3) is 3.53. The normalized spacial score (nSPS) is 12.4. The Bertz CT molecular complexity index is 273. The lowest BCUT2D eigenvalue weighted by atomic mass is 10.2. The number of rotatable bonds is 5. The Morgan fingerprint density at radius 1 is 1.71 bits per heavy atom. The van der Waals surface area contributed by atoms with Crippen LogP contribution in [0.3, 0.4) is 0 Å². The van der Waals surface area contributed by atoms with Crippen molar-refractivity contribution in [3.63, 3.8) is 0 Å². The molecular formula is C8H13N3O3. The molecule has 0 aliphatic heterocycles. The Morgan fingerprint density at radius 2 is 2.50 bits per heavy atom. The molecule has 0 bridgehead atoms. The van der Waals surface area contributed by atoms with Gasteiger partial charge in [-0.2, -0.15) is 5.10 Å². The number of nitrogens with zero attached hydrogens (tertiary/aromatic N) is 3. The summed E-state index contributed by atoms with van der Waals surface area (Å²) in [5, 5.41) is 13.3. The molecule has 1 atom stereocenters. The summed E-state index contributed by atoms with van der Waals surface area (Å²) in [7, 11) is 1.30. The molecule has 0 spiro atoms. The zero-order valence-corrected chi connectivity index (χ0v) is 7.96. The van der Waals surface area contributed by atoms with Crippen molar-refractivity contribution in [3.8, 4) is 0 Å². The van der Waals surface area contributed by atoms with Crippen LogP contribution in [-0.4, -0.2) is 39.1 Å². The number of hydrogen-bond donors (Lipinski definition) is 1. The lowest BCUT2D eigenvalue weighted by Gasteiger charge is -2.08. The molecule has 1 aromatic rings. The highest BCUT2D eigenvalue weighted by atomic mass is 16.5. The van der Waals surface area contributed by atoms with E-state index >= 15 is 0 Å². The van der Waals surface area contributed by atoms with E-state index in [1.165, 1.54) is 13.4 Å². The highest BCUT2D eigenvalue weighted by Gasteiger charge is 2.10. The predicted octanol–water partition coefficient (Wildman–Crippen LogP) is -0.408. The summed E-state index contributed by atoms with van der Waals surface area (Å²) in [6.45, 7) is 0.540. The van der Waals surface area contributed by atoms with Gasteiger partial charge in [0, 0.05) is 6.54 Å². The number of aryl methyl sites for hydroxylation is 1. The third-order valence-electron chi connectivity index (χ3n) is 1.79. The Morgan fingerprint density at radius 3 is 3.07 bits per heavy atom. The van der Waals surface area contributed by atoms with E-state index in [1.807, 2.05) is 0 Å². The largest absolute Gasteiger partial charge is 0.469 e. The van der Waals surface area contributed by atoms with E-state index in [0.717, 1.165) is 0 Å². The highest BCUT2D eigenvalue weighted by Crippen LogP contribution is 2.00. The topological polar surface area (TPSA) is 77.2 Å². The summed E-state index contributed by atoms with van der Waals surface area (Å²) in [5.74, 6) is -0.406. The minimum absolute atomic E-state index is 0.0190. The minimum Gasteiger partial charge on any atom is -0.469 e. The summed E-state index contributed by atoms with van der Waals surface area (Å²) >= 11 is 0. The molecule has 0 aliphatic carbocycles. The third-order valence-corrected chi connectivity index (χ3v) is 1.79. The van der Waals surface area contributed by atoms with E-state index in [4.69, 9.17) is 0 Å². The van der Waals surface area contributed by atoms with E-state index in [9.17, 15) is 9.90 Å². The first-order valence-electron chi connectivity index (χ1n) is 4.29. The maximum atomic E-state index is 10.8. The number of esters is 1. The second-order valence-electron chi connectivity index (χ2n) is 2.88. The van der Waals surface area contributed by atoms with Crippen LogP contribution in [0.4, 0.5) is 0 Å². The average Bonchev–Trinajstić information content (AvgIpc) is 2.67. The SMILES string of the molecule is COC(=O)CC(O)CCn1cncn1. The highest BCUT2D eigenvalue weighted by molar-refractivity contribution is 5.69. The first-order chi connectivity index (χ1) is 6.72. The fourth-order valence-electron chi connectivity index (χ4n) is 1.01. The Balaban J connectivity index is 2.21. The summed E-state index contributed by atoms with van der Waals surface area (Å²) in [6, 6.07) is 0. The van der Waals surface area contributed by atoms with Gasteiger partial charge in [-0.1, -0.05) is 0 Å². The van der Waals surface area contributed by atoms with Crippen LogP contribution in [0.5, 0.6) is 0 Å². The standard InChI is InChI=1S/C8H13N3O3/c1-14-8(13)4-7(12)2-3-11-6-9-5-10-11/h5-7,12H,2-4H2,1H3. The zero-order valence-electron chi connectivity index (χ0n) is 7.96. The van der Waals surface area contributed by atoms with Crippen LogP contribution < -0.4 is 0 Å². The Hall–Kier alpha value is -1.43. The number of methoxy groups -OCH3 is 1. The van der Waals surface area contributed by atoms with E-state index in [1.54, 1.807) is 11.0 Å². The fraction of sp³-hybridized carbons (Fsp3) is 0.625. The summed E-state index contributed by atoms with van der Waals surface area (Å²) < 4.78 is 6.02. The summed E-state index contributed by atoms with van der Waals surface area (Å²) in [6.07, 6.45) is 2.77. The molecule has 1 unspecified atom stereocenters. The molecule has 6 heteroatoms. The maximum absolute atomic E-state index is 10.8. The number of aliphatic hydroxyl groups excluding tert-OH is 1. The second kappa shape index (κ2) is 5.33. The fourth-order valence-corrected chi connectivity index (χ4v) is 1.01. The molecule has 1 N–H and O–H groups in total. The number of carbonyl (C=O) groups is 1. The predicted molar refractivity (Wildman–Crippen MR) is 47.3 cm³/mol. The number of hydrogen-bond acceptors (Lipinski definition) is 5. The van der Waals surface area contributed by atoms with Crippen molar-refractivity contribution in [1.82, 2.24) is 14.8 Å². The maximum Gasteiger partial charge on any atom is 0.308 e. The monoisotopic (exact) mass is 199 g/mol. The minimum atomic E-state index is -0.688. The van der Waals surface area contributed by atoms with Crippen LogP contribution in [0.2, 0.25) is 0 Å². The Kier molecular flexibility index (Phi) is 4.06. The van der Waals surface area contributed by atoms with Crippen LogP contribution in [0.25, 0.3) is 0 Å². The molecule has 14 heavy (non-hydrogen) atoms. The molecule has 0 saturated carbocycles. The van der Waals surface area contributed by atoms with Gasteiger partial charge in [-0.05, 0) is 6.42 Å². The molecule has 0 fully saturated rings. The molecular weight excluding hydrogens is 186 g/mol. The van der Waals surface area contributed by atoms with Gasteiger partial charge in [-0.3, -0.25) is 9.48 Å². The van der Waals surface area contributed by atoms with Gasteiger partial charge < -0.3 is 9.84 Å². The number of aromatic nitrogens is 3.